The van der Waals surface area contributed by atoms with E-state index in [0.717, 1.165) is 0 Å². The van der Waals surface area contributed by atoms with Gasteiger partial charge in [0.15, 0.2) is 5.69 Å². The van der Waals surface area contributed by atoms with E-state index in [0.29, 0.717) is 5.69 Å². The third-order valence-corrected chi connectivity index (χ3v) is 6.83. The number of esters is 1. The summed E-state index contributed by atoms with van der Waals surface area (Å²) in [4.78, 5) is 26.0. The molecule has 0 N–H and O–H groups in total. The fourth-order valence-corrected chi connectivity index (χ4v) is 4.73. The van der Waals surface area contributed by atoms with Crippen molar-refractivity contribution in [2.24, 2.45) is 0 Å². The Morgan fingerprint density at radius 2 is 1.88 bits per heavy atom. The maximum absolute atomic E-state index is 13.4. The molecule has 174 valence electrons. The number of benzene rings is 1. The summed E-state index contributed by atoms with van der Waals surface area (Å²) in [6.07, 6.45) is 1.56. The standard InChI is InChI=1S/C21H21FN4O6S/c1-2-31-21(28)18-6-7-19(32-18)33(29,30)25-12-10-24(11-13-25)20(27)17-8-9-26(23-17)16-5-3-4-15(22)14-16/h3-9,14H,2,10-13H2,1H3. The number of carbonyl (C=O) groups excluding carboxylic acids is 2. The van der Waals surface area contributed by atoms with Gasteiger partial charge < -0.3 is 14.1 Å². The van der Waals surface area contributed by atoms with Crippen molar-refractivity contribution >= 4 is 21.9 Å². The number of aromatic nitrogens is 2. The lowest BCUT2D eigenvalue weighted by atomic mass is 10.3. The third-order valence-electron chi connectivity index (χ3n) is 5.06. The molecule has 1 fully saturated rings. The van der Waals surface area contributed by atoms with Gasteiger partial charge in [0.25, 0.3) is 15.9 Å². The Morgan fingerprint density at radius 1 is 1.12 bits per heavy atom. The van der Waals surface area contributed by atoms with Gasteiger partial charge in [-0.25, -0.2) is 22.3 Å². The first-order chi connectivity index (χ1) is 15.8. The zero-order chi connectivity index (χ0) is 23.6. The van der Waals surface area contributed by atoms with Crippen LogP contribution < -0.4 is 0 Å². The van der Waals surface area contributed by atoms with Crippen LogP contribution in [0.1, 0.15) is 28.0 Å². The Balaban J connectivity index is 1.40. The summed E-state index contributed by atoms with van der Waals surface area (Å²) in [5, 5.41) is 3.85. The number of rotatable bonds is 6. The molecule has 3 aromatic rings. The number of piperazine rings is 1. The molecule has 4 rings (SSSR count). The molecule has 0 saturated carbocycles. The molecule has 0 radical (unpaired) electrons. The van der Waals surface area contributed by atoms with Crippen molar-refractivity contribution in [3.63, 3.8) is 0 Å². The molecule has 0 spiro atoms. The minimum atomic E-state index is -3.97. The molecule has 0 aliphatic carbocycles. The third kappa shape index (κ3) is 4.66. The van der Waals surface area contributed by atoms with Gasteiger partial charge in [-0.05, 0) is 43.3 Å². The number of halogens is 1. The first-order valence-electron chi connectivity index (χ1n) is 10.2. The van der Waals surface area contributed by atoms with E-state index in [2.05, 4.69) is 5.10 Å². The monoisotopic (exact) mass is 476 g/mol. The molecule has 12 heteroatoms. The Morgan fingerprint density at radius 3 is 2.58 bits per heavy atom. The number of ether oxygens (including phenoxy) is 1. The topological polar surface area (TPSA) is 115 Å². The minimum absolute atomic E-state index is 0.0497. The second-order valence-electron chi connectivity index (χ2n) is 7.16. The molecule has 10 nitrogen and oxygen atoms in total. The van der Waals surface area contributed by atoms with Crippen LogP contribution in [0.25, 0.3) is 5.69 Å². The number of sulfonamides is 1. The zero-order valence-corrected chi connectivity index (χ0v) is 18.5. The molecule has 1 amide bonds. The molecular weight excluding hydrogens is 455 g/mol. The van der Waals surface area contributed by atoms with Gasteiger partial charge in [0.2, 0.25) is 10.9 Å². The van der Waals surface area contributed by atoms with Crippen molar-refractivity contribution < 1.29 is 31.6 Å². The molecule has 1 aromatic carbocycles. The normalized spacial score (nSPS) is 14.9. The minimum Gasteiger partial charge on any atom is -0.460 e. The highest BCUT2D eigenvalue weighted by Gasteiger charge is 2.33. The SMILES string of the molecule is CCOC(=O)c1ccc(S(=O)(=O)N2CCN(C(=O)c3ccn(-c4cccc(F)c4)n3)CC2)o1. The zero-order valence-electron chi connectivity index (χ0n) is 17.7. The summed E-state index contributed by atoms with van der Waals surface area (Å²) in [6.45, 7) is 2.16. The number of carbonyl (C=O) groups is 2. The van der Waals surface area contributed by atoms with E-state index in [1.807, 2.05) is 0 Å². The molecule has 33 heavy (non-hydrogen) atoms. The summed E-state index contributed by atoms with van der Waals surface area (Å²) in [7, 11) is -3.97. The summed E-state index contributed by atoms with van der Waals surface area (Å²) >= 11 is 0. The van der Waals surface area contributed by atoms with E-state index in [9.17, 15) is 22.4 Å². The maximum Gasteiger partial charge on any atom is 0.374 e. The van der Waals surface area contributed by atoms with Gasteiger partial charge in [-0.1, -0.05) is 6.07 Å². The predicted octanol–water partition coefficient (Wildman–Crippen LogP) is 1.93. The first-order valence-corrected chi connectivity index (χ1v) is 11.6. The van der Waals surface area contributed by atoms with Crippen LogP contribution in [-0.4, -0.2) is 72.1 Å². The summed E-state index contributed by atoms with van der Waals surface area (Å²) in [5.41, 5.74) is 0.645. The van der Waals surface area contributed by atoms with E-state index in [4.69, 9.17) is 9.15 Å². The van der Waals surface area contributed by atoms with E-state index in [1.54, 1.807) is 25.3 Å². The fraction of sp³-hybridized carbons (Fsp3) is 0.286. The second kappa shape index (κ2) is 9.16. The second-order valence-corrected chi connectivity index (χ2v) is 9.03. The number of hydrogen-bond donors (Lipinski definition) is 0. The molecule has 0 unspecified atom stereocenters. The quantitative estimate of drug-likeness (QED) is 0.499. The average molecular weight is 476 g/mol. The van der Waals surface area contributed by atoms with Crippen LogP contribution in [0.2, 0.25) is 0 Å². The van der Waals surface area contributed by atoms with Gasteiger partial charge in [-0.15, -0.1) is 0 Å². The highest BCUT2D eigenvalue weighted by molar-refractivity contribution is 7.89. The van der Waals surface area contributed by atoms with Crippen LogP contribution in [0.3, 0.4) is 0 Å². The van der Waals surface area contributed by atoms with Gasteiger partial charge >= 0.3 is 5.97 Å². The lowest BCUT2D eigenvalue weighted by Crippen LogP contribution is -2.50. The summed E-state index contributed by atoms with van der Waals surface area (Å²) < 4.78 is 51.7. The molecule has 1 aliphatic heterocycles. The summed E-state index contributed by atoms with van der Waals surface area (Å²) in [6, 6.07) is 9.80. The highest BCUT2D eigenvalue weighted by Crippen LogP contribution is 2.21. The van der Waals surface area contributed by atoms with Gasteiger partial charge in [0.1, 0.15) is 5.82 Å². The molecule has 0 bridgehead atoms. The molecule has 0 atom stereocenters. The van der Waals surface area contributed by atoms with Crippen LogP contribution in [0.4, 0.5) is 4.39 Å². The Kier molecular flexibility index (Phi) is 6.29. The van der Waals surface area contributed by atoms with Gasteiger partial charge in [0, 0.05) is 32.4 Å². The molecule has 2 aromatic heterocycles. The van der Waals surface area contributed by atoms with Crippen LogP contribution in [0, 0.1) is 5.82 Å². The lowest BCUT2D eigenvalue weighted by Gasteiger charge is -2.33. The van der Waals surface area contributed by atoms with Gasteiger partial charge in [-0.3, -0.25) is 4.79 Å². The number of nitrogens with zero attached hydrogens (tertiary/aromatic N) is 4. The van der Waals surface area contributed by atoms with E-state index in [-0.39, 0.29) is 55.2 Å². The van der Waals surface area contributed by atoms with Crippen molar-refractivity contribution in [2.45, 2.75) is 12.0 Å². The Hall–Kier alpha value is -3.51. The summed E-state index contributed by atoms with van der Waals surface area (Å²) in [5.74, 6) is -1.71. The molecular formula is C21H21FN4O6S. The predicted molar refractivity (Wildman–Crippen MR) is 113 cm³/mol. The van der Waals surface area contributed by atoms with E-state index in [1.165, 1.54) is 44.2 Å². The number of hydrogen-bond acceptors (Lipinski definition) is 7. The van der Waals surface area contributed by atoms with Crippen molar-refractivity contribution in [3.05, 3.63) is 65.9 Å². The highest BCUT2D eigenvalue weighted by atomic mass is 32.2. The van der Waals surface area contributed by atoms with Gasteiger partial charge in [0.05, 0.1) is 12.3 Å². The maximum atomic E-state index is 13.4. The number of amides is 1. The molecule has 1 aliphatic rings. The van der Waals surface area contributed by atoms with Crippen molar-refractivity contribution in [2.75, 3.05) is 32.8 Å². The van der Waals surface area contributed by atoms with E-state index >= 15 is 0 Å². The van der Waals surface area contributed by atoms with Crippen molar-refractivity contribution in [1.82, 2.24) is 19.0 Å². The first kappa shape index (κ1) is 22.7. The van der Waals surface area contributed by atoms with Crippen LogP contribution in [0.5, 0.6) is 0 Å². The van der Waals surface area contributed by atoms with Crippen LogP contribution in [0.15, 0.2) is 58.2 Å². The Bertz CT molecular complexity index is 1280. The largest absolute Gasteiger partial charge is 0.460 e. The molecule has 3 heterocycles. The average Bonchev–Trinajstić information content (AvgIpc) is 3.50. The van der Waals surface area contributed by atoms with E-state index < -0.39 is 21.8 Å². The Labute approximate surface area is 189 Å². The lowest BCUT2D eigenvalue weighted by molar-refractivity contribution is 0.0483. The fourth-order valence-electron chi connectivity index (χ4n) is 3.39. The van der Waals surface area contributed by atoms with Crippen molar-refractivity contribution in [3.8, 4) is 5.69 Å². The van der Waals surface area contributed by atoms with Crippen LogP contribution in [-0.2, 0) is 14.8 Å². The van der Waals surface area contributed by atoms with Crippen molar-refractivity contribution in [1.29, 1.82) is 0 Å². The number of furan rings is 1. The van der Waals surface area contributed by atoms with Crippen LogP contribution >= 0.6 is 0 Å². The molecule has 1 saturated heterocycles. The smallest absolute Gasteiger partial charge is 0.374 e. The van der Waals surface area contributed by atoms with Gasteiger partial charge in [-0.2, -0.15) is 9.40 Å².